The number of rotatable bonds is 12. The highest BCUT2D eigenvalue weighted by molar-refractivity contribution is 6.29. The number of nitrogens with zero attached hydrogens (tertiary/aromatic N) is 6. The second kappa shape index (κ2) is 18.4. The number of pyridine rings is 2. The van der Waals surface area contributed by atoms with Gasteiger partial charge in [0.15, 0.2) is 12.2 Å². The summed E-state index contributed by atoms with van der Waals surface area (Å²) in [4.78, 5) is 48.4. The van der Waals surface area contributed by atoms with Crippen LogP contribution < -0.4 is 19.3 Å². The van der Waals surface area contributed by atoms with Crippen LogP contribution in [0.4, 0.5) is 11.6 Å². The van der Waals surface area contributed by atoms with E-state index in [-0.39, 0.29) is 0 Å². The molecule has 2 aliphatic heterocycles. The van der Waals surface area contributed by atoms with E-state index in [0.29, 0.717) is 34.0 Å². The second-order valence-electron chi connectivity index (χ2n) is 15.1. The van der Waals surface area contributed by atoms with Crippen LogP contribution in [0.1, 0.15) is 48.6 Å². The molecule has 12 heteroatoms. The molecule has 310 valence electrons. The van der Waals surface area contributed by atoms with Crippen molar-refractivity contribution in [2.75, 3.05) is 89.5 Å². The normalized spacial score (nSPS) is 16.1. The van der Waals surface area contributed by atoms with Crippen molar-refractivity contribution >= 4 is 45.1 Å². The molecule has 60 heavy (non-hydrogen) atoms. The smallest absolute Gasteiger partial charge is 0.418 e. The Balaban J connectivity index is 1.17. The topological polar surface area (TPSA) is 110 Å². The van der Waals surface area contributed by atoms with Crippen LogP contribution >= 0.6 is 0 Å². The van der Waals surface area contributed by atoms with Crippen LogP contribution in [-0.2, 0) is 19.1 Å². The predicted octanol–water partition coefficient (Wildman–Crippen LogP) is 7.05. The Labute approximate surface area is 351 Å². The minimum Gasteiger partial charge on any atom is -0.496 e. The zero-order valence-electron chi connectivity index (χ0n) is 34.8. The van der Waals surface area contributed by atoms with Gasteiger partial charge in [0.05, 0.1) is 25.6 Å². The lowest BCUT2D eigenvalue weighted by Gasteiger charge is -2.35. The van der Waals surface area contributed by atoms with Crippen LogP contribution in [0.15, 0.2) is 109 Å². The van der Waals surface area contributed by atoms with Gasteiger partial charge in [-0.15, -0.1) is 0 Å². The van der Waals surface area contributed by atoms with E-state index in [9.17, 15) is 9.59 Å². The van der Waals surface area contributed by atoms with Crippen molar-refractivity contribution in [1.29, 1.82) is 0 Å². The van der Waals surface area contributed by atoms with Gasteiger partial charge < -0.3 is 38.5 Å². The highest BCUT2D eigenvalue weighted by atomic mass is 16.6. The van der Waals surface area contributed by atoms with Crippen molar-refractivity contribution in [3.8, 4) is 11.5 Å². The van der Waals surface area contributed by atoms with Gasteiger partial charge in [0.2, 0.25) is 0 Å². The van der Waals surface area contributed by atoms with Crippen LogP contribution in [0, 0.1) is 0 Å². The van der Waals surface area contributed by atoms with E-state index >= 15 is 0 Å². The number of hydrogen-bond donors (Lipinski definition) is 0. The number of aromatic nitrogens is 2. The quantitative estimate of drug-likeness (QED) is 0.0934. The molecular weight excluding hydrogens is 757 g/mol. The summed E-state index contributed by atoms with van der Waals surface area (Å²) in [6.45, 7) is 13.1. The molecule has 0 N–H and O–H groups in total. The van der Waals surface area contributed by atoms with Gasteiger partial charge in [-0.3, -0.25) is 0 Å². The third kappa shape index (κ3) is 8.43. The van der Waals surface area contributed by atoms with Crippen LogP contribution in [-0.4, -0.2) is 111 Å². The third-order valence-corrected chi connectivity index (χ3v) is 11.7. The summed E-state index contributed by atoms with van der Waals surface area (Å²) in [7, 11) is 3.12. The van der Waals surface area contributed by atoms with E-state index in [2.05, 4.69) is 45.6 Å². The van der Waals surface area contributed by atoms with E-state index in [1.807, 2.05) is 84.9 Å². The first kappa shape index (κ1) is 40.5. The van der Waals surface area contributed by atoms with Crippen LogP contribution in [0.5, 0.6) is 11.5 Å². The molecular formula is C48H52N6O6. The van der Waals surface area contributed by atoms with E-state index in [0.717, 1.165) is 98.6 Å². The first-order valence-electron chi connectivity index (χ1n) is 20.8. The molecule has 2 aliphatic rings. The summed E-state index contributed by atoms with van der Waals surface area (Å²) in [6.07, 6.45) is -2.23. The Morgan fingerprint density at radius 2 is 0.900 bits per heavy atom. The van der Waals surface area contributed by atoms with E-state index in [4.69, 9.17) is 28.9 Å². The standard InChI is InChI=1S/C48H52N6O6/c1-5-51-23-27-53(28-24-51)45-35-17-9-7-15-33(35)31-39(49-45)43(37-19-11-13-21-41(37)57-3)59-47(55)48(56)60-44(38-20-12-14-22-42(38)58-4)40-32-34-16-8-10-18-36(34)46(50-40)54-29-25-52(6-2)26-30-54/h7-22,31-32,43-44H,5-6,23-30H2,1-4H3. The monoisotopic (exact) mass is 808 g/mol. The van der Waals surface area contributed by atoms with Crippen molar-refractivity contribution in [3.05, 3.63) is 132 Å². The molecule has 0 spiro atoms. The van der Waals surface area contributed by atoms with Gasteiger partial charge in [-0.2, -0.15) is 0 Å². The van der Waals surface area contributed by atoms with Crippen molar-refractivity contribution < 1.29 is 28.5 Å². The molecule has 0 saturated carbocycles. The summed E-state index contributed by atoms with van der Waals surface area (Å²) in [5.74, 6) is 0.185. The zero-order valence-corrected chi connectivity index (χ0v) is 34.8. The average Bonchev–Trinajstić information content (AvgIpc) is 3.31. The number of carbonyl (C=O) groups excluding carboxylic acids is 2. The fourth-order valence-electron chi connectivity index (χ4n) is 8.35. The Morgan fingerprint density at radius 1 is 0.533 bits per heavy atom. The van der Waals surface area contributed by atoms with E-state index in [1.165, 1.54) is 0 Å². The lowest BCUT2D eigenvalue weighted by atomic mass is 10.0. The molecule has 0 aliphatic carbocycles. The molecule has 0 radical (unpaired) electrons. The molecule has 2 atom stereocenters. The molecule has 2 unspecified atom stereocenters. The van der Waals surface area contributed by atoms with Gasteiger partial charge >= 0.3 is 11.9 Å². The lowest BCUT2D eigenvalue weighted by molar-refractivity contribution is -0.172. The molecule has 0 amide bonds. The van der Waals surface area contributed by atoms with Gasteiger partial charge in [-0.25, -0.2) is 19.6 Å². The maximum Gasteiger partial charge on any atom is 0.418 e. The summed E-state index contributed by atoms with van der Waals surface area (Å²) >= 11 is 0. The summed E-state index contributed by atoms with van der Waals surface area (Å²) in [5.41, 5.74) is 1.99. The number of carbonyl (C=O) groups is 2. The van der Waals surface area contributed by atoms with E-state index < -0.39 is 24.1 Å². The van der Waals surface area contributed by atoms with Crippen molar-refractivity contribution in [1.82, 2.24) is 19.8 Å². The molecule has 12 nitrogen and oxygen atoms in total. The molecule has 8 rings (SSSR count). The van der Waals surface area contributed by atoms with Gasteiger partial charge in [0.25, 0.3) is 0 Å². The lowest BCUT2D eigenvalue weighted by Crippen LogP contribution is -2.46. The van der Waals surface area contributed by atoms with Crippen LogP contribution in [0.2, 0.25) is 0 Å². The zero-order chi connectivity index (χ0) is 41.6. The van der Waals surface area contributed by atoms with Gasteiger partial charge in [-0.05, 0) is 48.1 Å². The fourth-order valence-corrected chi connectivity index (χ4v) is 8.35. The maximum atomic E-state index is 14.3. The third-order valence-electron chi connectivity index (χ3n) is 11.7. The molecule has 0 bridgehead atoms. The van der Waals surface area contributed by atoms with Gasteiger partial charge in [-0.1, -0.05) is 98.8 Å². The molecule has 4 aromatic carbocycles. The minimum atomic E-state index is -1.18. The van der Waals surface area contributed by atoms with E-state index in [1.54, 1.807) is 26.4 Å². The van der Waals surface area contributed by atoms with Crippen LogP contribution in [0.3, 0.4) is 0 Å². The SMILES string of the molecule is CCN1CCN(c2nc(C(OC(=O)C(=O)OC(c3cc4ccccc4c(N4CCN(CC)CC4)n3)c3ccccc3OC)c3ccccc3OC)cc3ccccc23)CC1. The Kier molecular flexibility index (Phi) is 12.4. The van der Waals surface area contributed by atoms with Gasteiger partial charge in [0.1, 0.15) is 23.1 Å². The minimum absolute atomic E-state index is 0.456. The Bertz CT molecular complexity index is 2290. The number of likely N-dealkylation sites (N-methyl/N-ethyl adjacent to an activating group) is 2. The number of fused-ring (bicyclic) bond motifs is 2. The van der Waals surface area contributed by atoms with Crippen molar-refractivity contribution in [2.45, 2.75) is 26.1 Å². The highest BCUT2D eigenvalue weighted by Crippen LogP contribution is 2.39. The Hall–Kier alpha value is -6.24. The summed E-state index contributed by atoms with van der Waals surface area (Å²) in [6, 6.07) is 34.5. The predicted molar refractivity (Wildman–Crippen MR) is 234 cm³/mol. The Morgan fingerprint density at radius 3 is 1.28 bits per heavy atom. The number of anilines is 2. The number of benzene rings is 4. The van der Waals surface area contributed by atoms with Crippen LogP contribution in [0.25, 0.3) is 21.5 Å². The first-order valence-corrected chi connectivity index (χ1v) is 20.8. The highest BCUT2D eigenvalue weighted by Gasteiger charge is 2.34. The number of hydrogen-bond acceptors (Lipinski definition) is 12. The van der Waals surface area contributed by atoms with Crippen molar-refractivity contribution in [3.63, 3.8) is 0 Å². The number of piperazine rings is 2. The first-order chi connectivity index (χ1) is 29.4. The molecule has 4 heterocycles. The summed E-state index contributed by atoms with van der Waals surface area (Å²) < 4.78 is 24.1. The number of methoxy groups -OCH3 is 2. The molecule has 2 saturated heterocycles. The fraction of sp³-hybridized carbons (Fsp3) is 0.333. The number of ether oxygens (including phenoxy) is 4. The largest absolute Gasteiger partial charge is 0.496 e. The maximum absolute atomic E-state index is 14.3. The second-order valence-corrected chi connectivity index (χ2v) is 15.1. The van der Waals surface area contributed by atoms with Gasteiger partial charge in [0, 0.05) is 74.3 Å². The summed E-state index contributed by atoms with van der Waals surface area (Å²) in [5, 5.41) is 3.84. The number of esters is 2. The molecule has 2 aromatic heterocycles. The molecule has 2 fully saturated rings. The van der Waals surface area contributed by atoms with Crippen molar-refractivity contribution in [2.24, 2.45) is 0 Å². The molecule has 6 aromatic rings. The number of para-hydroxylation sites is 2. The average molecular weight is 809 g/mol.